The van der Waals surface area contributed by atoms with E-state index in [0.717, 1.165) is 0 Å². The van der Waals surface area contributed by atoms with Gasteiger partial charge in [-0.25, -0.2) is 8.78 Å². The van der Waals surface area contributed by atoms with Gasteiger partial charge in [0, 0.05) is 0 Å². The first-order chi connectivity index (χ1) is 10.0. The molecule has 0 aromatic heterocycles. The third-order valence-electron chi connectivity index (χ3n) is 3.66. The van der Waals surface area contributed by atoms with Gasteiger partial charge >= 0.3 is 5.97 Å². The average molecular weight is 290 g/mol. The van der Waals surface area contributed by atoms with Crippen LogP contribution in [0.5, 0.6) is 0 Å². The van der Waals surface area contributed by atoms with Crippen LogP contribution in [0.3, 0.4) is 0 Å². The minimum atomic E-state index is -1.30. The molecule has 2 rings (SSSR count). The fourth-order valence-corrected chi connectivity index (χ4v) is 2.65. The van der Waals surface area contributed by atoms with E-state index in [0.29, 0.717) is 24.0 Å². The molecule has 110 valence electrons. The zero-order chi connectivity index (χ0) is 15.5. The smallest absolute Gasteiger partial charge is 0.318 e. The molecule has 2 nitrogen and oxygen atoms in total. The van der Waals surface area contributed by atoms with Crippen molar-refractivity contribution < 1.29 is 18.7 Å². The van der Waals surface area contributed by atoms with Crippen molar-refractivity contribution in [3.8, 4) is 0 Å². The van der Waals surface area contributed by atoms with Crippen LogP contribution in [0.1, 0.15) is 30.9 Å². The lowest BCUT2D eigenvalue weighted by Crippen LogP contribution is -2.37. The summed E-state index contributed by atoms with van der Waals surface area (Å²) in [6.07, 6.45) is 0.973. The third-order valence-corrected chi connectivity index (χ3v) is 3.66. The zero-order valence-electron chi connectivity index (χ0n) is 11.6. The lowest BCUT2D eigenvalue weighted by molar-refractivity contribution is -0.142. The van der Waals surface area contributed by atoms with E-state index >= 15 is 0 Å². The van der Waals surface area contributed by atoms with Crippen LogP contribution in [-0.4, -0.2) is 11.1 Å². The van der Waals surface area contributed by atoms with Crippen molar-refractivity contribution in [1.29, 1.82) is 0 Å². The predicted molar refractivity (Wildman–Crippen MR) is 76.1 cm³/mol. The molecule has 0 saturated carbocycles. The normalized spacial score (nSPS) is 11.4. The highest BCUT2D eigenvalue weighted by atomic mass is 19.1. The maximum absolute atomic E-state index is 13.1. The van der Waals surface area contributed by atoms with Crippen molar-refractivity contribution in [3.63, 3.8) is 0 Å². The van der Waals surface area contributed by atoms with E-state index in [1.54, 1.807) is 0 Å². The molecular formula is C17H16F2O2. The van der Waals surface area contributed by atoms with Crippen molar-refractivity contribution in [2.75, 3.05) is 0 Å². The summed E-state index contributed by atoms with van der Waals surface area (Å²) in [6, 6.07) is 10.9. The summed E-state index contributed by atoms with van der Waals surface area (Å²) >= 11 is 0. The number of hydrogen-bond donors (Lipinski definition) is 1. The summed E-state index contributed by atoms with van der Waals surface area (Å²) in [4.78, 5) is 12.0. The molecular weight excluding hydrogens is 274 g/mol. The number of rotatable bonds is 5. The number of hydrogen-bond acceptors (Lipinski definition) is 1. The van der Waals surface area contributed by atoms with Crippen LogP contribution in [0.15, 0.2) is 48.5 Å². The minimum absolute atomic E-state index is 0.347. The van der Waals surface area contributed by atoms with Crippen molar-refractivity contribution >= 4 is 5.97 Å². The molecule has 0 aliphatic heterocycles. The lowest BCUT2D eigenvalue weighted by atomic mass is 9.71. The second-order valence-corrected chi connectivity index (χ2v) is 4.97. The van der Waals surface area contributed by atoms with Gasteiger partial charge in [0.2, 0.25) is 0 Å². The summed E-state index contributed by atoms with van der Waals surface area (Å²) in [6.45, 7) is 1.88. The van der Waals surface area contributed by atoms with Gasteiger partial charge in [-0.3, -0.25) is 4.79 Å². The van der Waals surface area contributed by atoms with Gasteiger partial charge in [0.15, 0.2) is 0 Å². The summed E-state index contributed by atoms with van der Waals surface area (Å²) in [7, 11) is 0. The van der Waals surface area contributed by atoms with Crippen molar-refractivity contribution in [2.45, 2.75) is 25.2 Å². The zero-order valence-corrected chi connectivity index (χ0v) is 11.6. The van der Waals surface area contributed by atoms with Gasteiger partial charge in [0.05, 0.1) is 0 Å². The molecule has 21 heavy (non-hydrogen) atoms. The van der Waals surface area contributed by atoms with Crippen LogP contribution in [0, 0.1) is 11.6 Å². The molecule has 0 aliphatic rings. The lowest BCUT2D eigenvalue weighted by Gasteiger charge is -2.30. The minimum Gasteiger partial charge on any atom is -0.480 e. The molecule has 1 N–H and O–H groups in total. The van der Waals surface area contributed by atoms with E-state index in [1.165, 1.54) is 48.5 Å². The maximum Gasteiger partial charge on any atom is 0.318 e. The Morgan fingerprint density at radius 2 is 1.33 bits per heavy atom. The first-order valence-corrected chi connectivity index (χ1v) is 6.76. The number of carboxylic acid groups (broad SMARTS) is 1. The summed E-state index contributed by atoms with van der Waals surface area (Å²) in [5.74, 6) is -1.87. The molecule has 0 atom stereocenters. The molecule has 2 aromatic rings. The van der Waals surface area contributed by atoms with Crippen molar-refractivity contribution in [1.82, 2.24) is 0 Å². The monoisotopic (exact) mass is 290 g/mol. The Hall–Kier alpha value is -2.23. The molecule has 0 heterocycles. The Morgan fingerprint density at radius 1 is 0.952 bits per heavy atom. The van der Waals surface area contributed by atoms with Crippen LogP contribution >= 0.6 is 0 Å². The number of halogens is 2. The molecule has 0 aliphatic carbocycles. The Balaban J connectivity index is 2.65. The molecule has 4 heteroatoms. The van der Waals surface area contributed by atoms with Crippen LogP contribution < -0.4 is 0 Å². The number of aliphatic carboxylic acids is 1. The summed E-state index contributed by atoms with van der Waals surface area (Å²) in [5.41, 5.74) is -0.314. The number of carboxylic acids is 1. The molecule has 0 radical (unpaired) electrons. The van der Waals surface area contributed by atoms with Gasteiger partial charge < -0.3 is 5.11 Å². The Bertz CT molecular complexity index is 573. The fraction of sp³-hybridized carbons (Fsp3) is 0.235. The maximum atomic E-state index is 13.1. The van der Waals surface area contributed by atoms with Gasteiger partial charge in [0.25, 0.3) is 0 Å². The third kappa shape index (κ3) is 2.79. The largest absolute Gasteiger partial charge is 0.480 e. The van der Waals surface area contributed by atoms with Crippen LogP contribution in [0.25, 0.3) is 0 Å². The van der Waals surface area contributed by atoms with Gasteiger partial charge in [-0.2, -0.15) is 0 Å². The fourth-order valence-electron chi connectivity index (χ4n) is 2.65. The van der Waals surface area contributed by atoms with Gasteiger partial charge in [-0.05, 0) is 41.8 Å². The number of carbonyl (C=O) groups is 1. The van der Waals surface area contributed by atoms with Crippen LogP contribution in [0.2, 0.25) is 0 Å². The van der Waals surface area contributed by atoms with Crippen molar-refractivity contribution in [3.05, 3.63) is 71.3 Å². The van der Waals surface area contributed by atoms with Crippen LogP contribution in [0.4, 0.5) is 8.78 Å². The SMILES string of the molecule is CCCC(C(=O)O)(c1ccc(F)cc1)c1ccc(F)cc1. The predicted octanol–water partition coefficient (Wildman–Crippen LogP) is 4.14. The van der Waals surface area contributed by atoms with Gasteiger partial charge in [-0.1, -0.05) is 37.6 Å². The van der Waals surface area contributed by atoms with Crippen molar-refractivity contribution in [2.24, 2.45) is 0 Å². The second kappa shape index (κ2) is 6.04. The number of benzene rings is 2. The molecule has 0 spiro atoms. The van der Waals surface area contributed by atoms with Gasteiger partial charge in [0.1, 0.15) is 17.0 Å². The second-order valence-electron chi connectivity index (χ2n) is 4.97. The highest BCUT2D eigenvalue weighted by Gasteiger charge is 2.41. The average Bonchev–Trinajstić information content (AvgIpc) is 2.46. The Kier molecular flexibility index (Phi) is 4.36. The molecule has 2 aromatic carbocycles. The quantitative estimate of drug-likeness (QED) is 0.898. The highest BCUT2D eigenvalue weighted by Crippen LogP contribution is 2.37. The molecule has 0 unspecified atom stereocenters. The van der Waals surface area contributed by atoms with E-state index in [4.69, 9.17) is 0 Å². The highest BCUT2D eigenvalue weighted by molar-refractivity contribution is 5.86. The van der Waals surface area contributed by atoms with E-state index in [1.807, 2.05) is 6.92 Å². The standard InChI is InChI=1S/C17H16F2O2/c1-2-11-17(16(20)21,12-3-7-14(18)8-4-12)13-5-9-15(19)10-6-13/h3-10H,2,11H2,1H3,(H,20,21). The van der Waals surface area contributed by atoms with Crippen LogP contribution in [-0.2, 0) is 10.2 Å². The first-order valence-electron chi connectivity index (χ1n) is 6.76. The summed E-state index contributed by atoms with van der Waals surface area (Å²) in [5, 5.41) is 9.81. The van der Waals surface area contributed by atoms with E-state index in [2.05, 4.69) is 0 Å². The van der Waals surface area contributed by atoms with E-state index in [9.17, 15) is 18.7 Å². The molecule has 0 amide bonds. The van der Waals surface area contributed by atoms with Gasteiger partial charge in [-0.15, -0.1) is 0 Å². The Labute approximate surface area is 122 Å². The Morgan fingerprint density at radius 3 is 1.62 bits per heavy atom. The first kappa shape index (κ1) is 15.2. The molecule has 0 fully saturated rings. The molecule has 0 saturated heterocycles. The van der Waals surface area contributed by atoms with E-state index < -0.39 is 23.0 Å². The topological polar surface area (TPSA) is 37.3 Å². The summed E-state index contributed by atoms with van der Waals surface area (Å²) < 4.78 is 26.2. The molecule has 0 bridgehead atoms. The van der Waals surface area contributed by atoms with E-state index in [-0.39, 0.29) is 0 Å².